The second-order valence-electron chi connectivity index (χ2n) is 4.88. The number of nitrogens with two attached hydrogens (primary N) is 1. The van der Waals surface area contributed by atoms with Gasteiger partial charge in [-0.05, 0) is 37.8 Å². The number of rotatable bonds is 5. The predicted octanol–water partition coefficient (Wildman–Crippen LogP) is 1.48. The van der Waals surface area contributed by atoms with Gasteiger partial charge >= 0.3 is 0 Å². The van der Waals surface area contributed by atoms with Gasteiger partial charge in [0.1, 0.15) is 0 Å². The van der Waals surface area contributed by atoms with Crippen molar-refractivity contribution in [1.82, 2.24) is 15.0 Å². The molecular weight excluding hydrogens is 224 g/mol. The maximum Gasteiger partial charge on any atom is 0.0830 e. The fourth-order valence-electron chi connectivity index (χ4n) is 2.20. The Hall–Kier alpha value is -1.68. The van der Waals surface area contributed by atoms with Crippen LogP contribution in [0, 0.1) is 12.8 Å². The first-order chi connectivity index (χ1) is 8.67. The van der Waals surface area contributed by atoms with Gasteiger partial charge in [-0.1, -0.05) is 35.0 Å². The molecule has 1 unspecified atom stereocenters. The predicted molar refractivity (Wildman–Crippen MR) is 72.1 cm³/mol. The van der Waals surface area contributed by atoms with Crippen molar-refractivity contribution < 1.29 is 0 Å². The normalized spacial score (nSPS) is 12.6. The van der Waals surface area contributed by atoms with Gasteiger partial charge in [0.15, 0.2) is 0 Å². The second kappa shape index (κ2) is 5.78. The van der Waals surface area contributed by atoms with Gasteiger partial charge in [0, 0.05) is 13.2 Å². The third-order valence-electron chi connectivity index (χ3n) is 3.09. The molecular formula is C14H20N4. The van der Waals surface area contributed by atoms with Crippen LogP contribution in [0.1, 0.15) is 16.8 Å². The van der Waals surface area contributed by atoms with Crippen LogP contribution in [0.4, 0.5) is 0 Å². The van der Waals surface area contributed by atoms with Crippen LogP contribution < -0.4 is 5.73 Å². The third kappa shape index (κ3) is 3.40. The molecule has 0 amide bonds. The average molecular weight is 244 g/mol. The maximum atomic E-state index is 5.86. The molecule has 1 aromatic carbocycles. The van der Waals surface area contributed by atoms with Crippen molar-refractivity contribution >= 4 is 0 Å². The van der Waals surface area contributed by atoms with Crippen LogP contribution in [0.15, 0.2) is 30.5 Å². The Morgan fingerprint density at radius 3 is 2.78 bits per heavy atom. The maximum absolute atomic E-state index is 5.86. The highest BCUT2D eigenvalue weighted by atomic mass is 15.4. The molecule has 0 saturated heterocycles. The molecule has 0 spiro atoms. The number of hydrogen-bond donors (Lipinski definition) is 1. The fourth-order valence-corrected chi connectivity index (χ4v) is 2.20. The summed E-state index contributed by atoms with van der Waals surface area (Å²) in [4.78, 5) is 0. The highest BCUT2D eigenvalue weighted by Gasteiger charge is 2.11. The summed E-state index contributed by atoms with van der Waals surface area (Å²) in [6.45, 7) is 2.79. The lowest BCUT2D eigenvalue weighted by Crippen LogP contribution is -2.19. The molecule has 0 aliphatic heterocycles. The lowest BCUT2D eigenvalue weighted by Gasteiger charge is -2.13. The first kappa shape index (κ1) is 12.8. The molecule has 0 aliphatic carbocycles. The minimum Gasteiger partial charge on any atom is -0.330 e. The molecule has 2 rings (SSSR count). The number of hydrogen-bond acceptors (Lipinski definition) is 3. The summed E-state index contributed by atoms with van der Waals surface area (Å²) in [6.07, 6.45) is 3.84. The Kier molecular flexibility index (Phi) is 4.10. The summed E-state index contributed by atoms with van der Waals surface area (Å²) in [6, 6.07) is 8.59. The van der Waals surface area contributed by atoms with Crippen LogP contribution in [-0.2, 0) is 19.9 Å². The highest BCUT2D eigenvalue weighted by Crippen LogP contribution is 2.13. The van der Waals surface area contributed by atoms with Crippen molar-refractivity contribution in [3.05, 3.63) is 47.3 Å². The van der Waals surface area contributed by atoms with E-state index in [0.717, 1.165) is 18.5 Å². The van der Waals surface area contributed by atoms with Gasteiger partial charge in [0.25, 0.3) is 0 Å². The first-order valence-corrected chi connectivity index (χ1v) is 6.28. The molecule has 18 heavy (non-hydrogen) atoms. The van der Waals surface area contributed by atoms with Crippen LogP contribution in [0.2, 0.25) is 0 Å². The second-order valence-corrected chi connectivity index (χ2v) is 4.88. The van der Waals surface area contributed by atoms with E-state index < -0.39 is 0 Å². The summed E-state index contributed by atoms with van der Waals surface area (Å²) in [5.41, 5.74) is 9.51. The molecule has 1 aromatic heterocycles. The van der Waals surface area contributed by atoms with Gasteiger partial charge in [0.05, 0.1) is 5.69 Å². The first-order valence-electron chi connectivity index (χ1n) is 6.28. The molecule has 0 fully saturated rings. The zero-order valence-corrected chi connectivity index (χ0v) is 11.0. The van der Waals surface area contributed by atoms with Crippen molar-refractivity contribution in [2.75, 3.05) is 6.54 Å². The van der Waals surface area contributed by atoms with E-state index in [9.17, 15) is 0 Å². The van der Waals surface area contributed by atoms with E-state index >= 15 is 0 Å². The Labute approximate surface area is 108 Å². The summed E-state index contributed by atoms with van der Waals surface area (Å²) in [5.74, 6) is 0.420. The van der Waals surface area contributed by atoms with E-state index in [0.29, 0.717) is 12.5 Å². The van der Waals surface area contributed by atoms with Gasteiger partial charge < -0.3 is 5.73 Å². The zero-order valence-electron chi connectivity index (χ0n) is 11.0. The largest absolute Gasteiger partial charge is 0.330 e. The summed E-state index contributed by atoms with van der Waals surface area (Å²) < 4.78 is 1.73. The Morgan fingerprint density at radius 2 is 2.17 bits per heavy atom. The molecule has 0 saturated carbocycles. The van der Waals surface area contributed by atoms with Crippen molar-refractivity contribution in [1.29, 1.82) is 0 Å². The van der Waals surface area contributed by atoms with Crippen molar-refractivity contribution in [2.45, 2.75) is 19.8 Å². The van der Waals surface area contributed by atoms with Crippen LogP contribution in [-0.4, -0.2) is 21.5 Å². The number of benzene rings is 1. The van der Waals surface area contributed by atoms with Crippen LogP contribution in [0.25, 0.3) is 0 Å². The zero-order chi connectivity index (χ0) is 13.0. The minimum absolute atomic E-state index is 0.420. The van der Waals surface area contributed by atoms with Crippen molar-refractivity contribution in [3.8, 4) is 0 Å². The fraction of sp³-hybridized carbons (Fsp3) is 0.429. The topological polar surface area (TPSA) is 56.7 Å². The summed E-state index contributed by atoms with van der Waals surface area (Å²) in [7, 11) is 1.88. The van der Waals surface area contributed by atoms with E-state index in [-0.39, 0.29) is 0 Å². The van der Waals surface area contributed by atoms with Gasteiger partial charge in [-0.3, -0.25) is 4.68 Å². The SMILES string of the molecule is Cc1cccc(CC(CN)Cc2cn(C)nn2)c1. The van der Waals surface area contributed by atoms with E-state index in [1.54, 1.807) is 4.68 Å². The average Bonchev–Trinajstić information content (AvgIpc) is 2.74. The molecule has 4 nitrogen and oxygen atoms in total. The molecule has 0 radical (unpaired) electrons. The van der Waals surface area contributed by atoms with Gasteiger partial charge in [-0.15, -0.1) is 5.10 Å². The van der Waals surface area contributed by atoms with Gasteiger partial charge in [-0.2, -0.15) is 0 Å². The van der Waals surface area contributed by atoms with Gasteiger partial charge in [0.2, 0.25) is 0 Å². The van der Waals surface area contributed by atoms with E-state index in [1.165, 1.54) is 11.1 Å². The van der Waals surface area contributed by atoms with Crippen LogP contribution in [0.3, 0.4) is 0 Å². The van der Waals surface area contributed by atoms with E-state index in [4.69, 9.17) is 5.73 Å². The standard InChI is InChI=1S/C14H20N4/c1-11-4-3-5-12(6-11)7-13(9-15)8-14-10-18(2)17-16-14/h3-6,10,13H,7-9,15H2,1-2H3. The molecule has 2 N–H and O–H groups in total. The van der Waals surface area contributed by atoms with Crippen LogP contribution in [0.5, 0.6) is 0 Å². The lowest BCUT2D eigenvalue weighted by molar-refractivity contribution is 0.526. The summed E-state index contributed by atoms with van der Waals surface area (Å²) >= 11 is 0. The van der Waals surface area contributed by atoms with Crippen molar-refractivity contribution in [3.63, 3.8) is 0 Å². The van der Waals surface area contributed by atoms with E-state index in [1.807, 2.05) is 13.2 Å². The molecule has 0 bridgehead atoms. The van der Waals surface area contributed by atoms with Crippen molar-refractivity contribution in [2.24, 2.45) is 18.7 Å². The number of nitrogens with zero attached hydrogens (tertiary/aromatic N) is 3. The smallest absolute Gasteiger partial charge is 0.0830 e. The minimum atomic E-state index is 0.420. The monoisotopic (exact) mass is 244 g/mol. The Morgan fingerprint density at radius 1 is 1.33 bits per heavy atom. The summed E-state index contributed by atoms with van der Waals surface area (Å²) in [5, 5.41) is 8.07. The molecule has 0 aliphatic rings. The number of aromatic nitrogens is 3. The molecule has 2 aromatic rings. The third-order valence-corrected chi connectivity index (χ3v) is 3.09. The molecule has 1 heterocycles. The highest BCUT2D eigenvalue weighted by molar-refractivity contribution is 5.22. The lowest BCUT2D eigenvalue weighted by atomic mass is 9.94. The number of aryl methyl sites for hydroxylation is 2. The van der Waals surface area contributed by atoms with E-state index in [2.05, 4.69) is 41.5 Å². The quantitative estimate of drug-likeness (QED) is 0.866. The molecule has 4 heteroatoms. The Bertz CT molecular complexity index is 504. The molecule has 1 atom stereocenters. The van der Waals surface area contributed by atoms with Gasteiger partial charge in [-0.25, -0.2) is 0 Å². The van der Waals surface area contributed by atoms with Crippen LogP contribution >= 0.6 is 0 Å². The Balaban J connectivity index is 2.01. The molecule has 96 valence electrons.